The Morgan fingerprint density at radius 2 is 2.07 bits per heavy atom. The summed E-state index contributed by atoms with van der Waals surface area (Å²) in [5.41, 5.74) is 0.710. The standard InChI is InChI=1S/C18H16F3N5O2/c1-11-6-14(24-28-11)17(27)26-9-18(20,21)7-15(26)16-23-22-10-25(16)8-12-2-4-13(19)5-3-12/h2-6,10,15H,7-9H2,1H3/t15-/m0/s1. The van der Waals surface area contributed by atoms with Gasteiger partial charge < -0.3 is 14.0 Å². The highest BCUT2D eigenvalue weighted by Gasteiger charge is 2.49. The number of halogens is 3. The van der Waals surface area contributed by atoms with Crippen LogP contribution in [-0.4, -0.2) is 43.2 Å². The summed E-state index contributed by atoms with van der Waals surface area (Å²) < 4.78 is 47.9. The van der Waals surface area contributed by atoms with Crippen LogP contribution in [0.3, 0.4) is 0 Å². The molecular formula is C18H16F3N5O2. The number of aromatic nitrogens is 4. The third kappa shape index (κ3) is 3.49. The second-order valence-corrected chi connectivity index (χ2v) is 6.78. The van der Waals surface area contributed by atoms with Gasteiger partial charge in [0.2, 0.25) is 0 Å². The fourth-order valence-corrected chi connectivity index (χ4v) is 3.31. The van der Waals surface area contributed by atoms with Crippen LogP contribution in [0.5, 0.6) is 0 Å². The molecular weight excluding hydrogens is 375 g/mol. The molecule has 0 bridgehead atoms. The van der Waals surface area contributed by atoms with E-state index in [9.17, 15) is 18.0 Å². The Morgan fingerprint density at radius 1 is 1.32 bits per heavy atom. The van der Waals surface area contributed by atoms with Crippen molar-refractivity contribution in [3.8, 4) is 0 Å². The Bertz CT molecular complexity index is 999. The Balaban J connectivity index is 1.64. The van der Waals surface area contributed by atoms with Gasteiger partial charge in [0.05, 0.1) is 19.1 Å². The second-order valence-electron chi connectivity index (χ2n) is 6.78. The molecule has 4 rings (SSSR count). The van der Waals surface area contributed by atoms with Crippen molar-refractivity contribution in [3.63, 3.8) is 0 Å². The summed E-state index contributed by atoms with van der Waals surface area (Å²) in [5.74, 6) is -3.45. The first-order valence-corrected chi connectivity index (χ1v) is 8.57. The summed E-state index contributed by atoms with van der Waals surface area (Å²) in [6.45, 7) is 1.13. The van der Waals surface area contributed by atoms with Crippen molar-refractivity contribution in [2.45, 2.75) is 31.9 Å². The highest BCUT2D eigenvalue weighted by atomic mass is 19.3. The van der Waals surface area contributed by atoms with E-state index in [1.807, 2.05) is 0 Å². The highest BCUT2D eigenvalue weighted by Crippen LogP contribution is 2.41. The zero-order chi connectivity index (χ0) is 19.9. The third-order valence-corrected chi connectivity index (χ3v) is 4.59. The molecule has 1 saturated heterocycles. The van der Waals surface area contributed by atoms with Crippen molar-refractivity contribution in [2.24, 2.45) is 0 Å². The molecule has 0 N–H and O–H groups in total. The molecule has 0 unspecified atom stereocenters. The molecule has 1 aliphatic rings. The van der Waals surface area contributed by atoms with Crippen molar-refractivity contribution in [3.05, 3.63) is 65.3 Å². The summed E-state index contributed by atoms with van der Waals surface area (Å²) in [7, 11) is 0. The van der Waals surface area contributed by atoms with Gasteiger partial charge in [0.25, 0.3) is 11.8 Å². The van der Waals surface area contributed by atoms with Gasteiger partial charge in [-0.1, -0.05) is 17.3 Å². The predicted molar refractivity (Wildman–Crippen MR) is 90.1 cm³/mol. The number of likely N-dealkylation sites (tertiary alicyclic amines) is 1. The first kappa shape index (κ1) is 18.2. The molecule has 0 saturated carbocycles. The molecule has 3 heterocycles. The molecule has 1 atom stereocenters. The summed E-state index contributed by atoms with van der Waals surface area (Å²) in [4.78, 5) is 13.8. The number of hydrogen-bond donors (Lipinski definition) is 0. The number of nitrogens with zero attached hydrogens (tertiary/aromatic N) is 5. The van der Waals surface area contributed by atoms with E-state index in [0.717, 1.165) is 10.5 Å². The van der Waals surface area contributed by atoms with Crippen molar-refractivity contribution >= 4 is 5.91 Å². The predicted octanol–water partition coefficient (Wildman–Crippen LogP) is 2.98. The maximum atomic E-state index is 14.2. The topological polar surface area (TPSA) is 77.1 Å². The van der Waals surface area contributed by atoms with E-state index < -0.39 is 30.8 Å². The molecule has 2 aromatic heterocycles. The maximum Gasteiger partial charge on any atom is 0.276 e. The SMILES string of the molecule is Cc1cc(C(=O)N2CC(F)(F)C[C@H]2c2nncn2Cc2ccc(F)cc2)no1. The summed E-state index contributed by atoms with van der Waals surface area (Å²) in [6.07, 6.45) is 0.829. The lowest BCUT2D eigenvalue weighted by molar-refractivity contribution is 0.0116. The lowest BCUT2D eigenvalue weighted by atomic mass is 10.1. The van der Waals surface area contributed by atoms with Crippen molar-refractivity contribution < 1.29 is 22.5 Å². The number of amides is 1. The molecule has 1 fully saturated rings. The van der Waals surface area contributed by atoms with Gasteiger partial charge in [0.15, 0.2) is 11.5 Å². The van der Waals surface area contributed by atoms with E-state index in [2.05, 4.69) is 15.4 Å². The first-order chi connectivity index (χ1) is 13.3. The van der Waals surface area contributed by atoms with Crippen molar-refractivity contribution in [2.75, 3.05) is 6.54 Å². The van der Waals surface area contributed by atoms with Gasteiger partial charge in [-0.05, 0) is 24.6 Å². The highest BCUT2D eigenvalue weighted by molar-refractivity contribution is 5.92. The van der Waals surface area contributed by atoms with Crippen LogP contribution in [0.15, 0.2) is 41.2 Å². The molecule has 1 aromatic carbocycles. The number of hydrogen-bond acceptors (Lipinski definition) is 5. The molecule has 3 aromatic rings. The van der Waals surface area contributed by atoms with Crippen LogP contribution in [0, 0.1) is 12.7 Å². The van der Waals surface area contributed by atoms with E-state index in [1.54, 1.807) is 23.6 Å². The van der Waals surface area contributed by atoms with Gasteiger partial charge >= 0.3 is 0 Å². The molecule has 1 aliphatic heterocycles. The molecule has 10 heteroatoms. The fraction of sp³-hybridized carbons (Fsp3) is 0.333. The second kappa shape index (κ2) is 6.77. The van der Waals surface area contributed by atoms with Gasteiger partial charge in [-0.3, -0.25) is 4.79 Å². The number of carbonyl (C=O) groups excluding carboxylic acids is 1. The Kier molecular flexibility index (Phi) is 4.40. The van der Waals surface area contributed by atoms with Crippen molar-refractivity contribution in [1.29, 1.82) is 0 Å². The van der Waals surface area contributed by atoms with Gasteiger partial charge in [0.1, 0.15) is 17.9 Å². The molecule has 28 heavy (non-hydrogen) atoms. The van der Waals surface area contributed by atoms with E-state index >= 15 is 0 Å². The fourth-order valence-electron chi connectivity index (χ4n) is 3.31. The van der Waals surface area contributed by atoms with E-state index in [-0.39, 0.29) is 23.9 Å². The Morgan fingerprint density at radius 3 is 2.75 bits per heavy atom. The van der Waals surface area contributed by atoms with Crippen LogP contribution in [0.1, 0.15) is 40.1 Å². The number of alkyl halides is 2. The minimum Gasteiger partial charge on any atom is -0.361 e. The van der Waals surface area contributed by atoms with E-state index in [0.29, 0.717) is 5.76 Å². The molecule has 0 radical (unpaired) electrons. The number of rotatable bonds is 4. The van der Waals surface area contributed by atoms with Crippen LogP contribution in [-0.2, 0) is 6.54 Å². The summed E-state index contributed by atoms with van der Waals surface area (Å²) in [6, 6.07) is 6.23. The van der Waals surface area contributed by atoms with E-state index in [1.165, 1.54) is 24.5 Å². The van der Waals surface area contributed by atoms with Crippen LogP contribution in [0.2, 0.25) is 0 Å². The summed E-state index contributed by atoms with van der Waals surface area (Å²) >= 11 is 0. The van der Waals surface area contributed by atoms with Crippen LogP contribution in [0.25, 0.3) is 0 Å². The average Bonchev–Trinajstić information content (AvgIpc) is 3.35. The lowest BCUT2D eigenvalue weighted by Gasteiger charge is -2.22. The number of benzene rings is 1. The van der Waals surface area contributed by atoms with Crippen LogP contribution < -0.4 is 0 Å². The van der Waals surface area contributed by atoms with Crippen molar-refractivity contribution in [1.82, 2.24) is 24.8 Å². The first-order valence-electron chi connectivity index (χ1n) is 8.57. The van der Waals surface area contributed by atoms with Crippen LogP contribution >= 0.6 is 0 Å². The molecule has 0 aliphatic carbocycles. The minimum absolute atomic E-state index is 0.0372. The average molecular weight is 391 g/mol. The number of aryl methyl sites for hydroxylation is 1. The smallest absolute Gasteiger partial charge is 0.276 e. The third-order valence-electron chi connectivity index (χ3n) is 4.59. The Labute approximate surface area is 157 Å². The van der Waals surface area contributed by atoms with Gasteiger partial charge in [-0.15, -0.1) is 10.2 Å². The normalized spacial score (nSPS) is 18.6. The zero-order valence-electron chi connectivity index (χ0n) is 14.8. The Hall–Kier alpha value is -3.17. The maximum absolute atomic E-state index is 14.2. The minimum atomic E-state index is -3.06. The molecule has 7 nitrogen and oxygen atoms in total. The lowest BCUT2D eigenvalue weighted by Crippen LogP contribution is -2.34. The molecule has 1 amide bonds. The van der Waals surface area contributed by atoms with Crippen LogP contribution in [0.4, 0.5) is 13.2 Å². The van der Waals surface area contributed by atoms with E-state index in [4.69, 9.17) is 4.52 Å². The molecule has 0 spiro atoms. The number of carbonyl (C=O) groups is 1. The molecule has 146 valence electrons. The summed E-state index contributed by atoms with van der Waals surface area (Å²) in [5, 5.41) is 11.4. The van der Waals surface area contributed by atoms with Gasteiger partial charge in [0, 0.05) is 12.5 Å². The monoisotopic (exact) mass is 391 g/mol. The zero-order valence-corrected chi connectivity index (χ0v) is 14.8. The quantitative estimate of drug-likeness (QED) is 0.683. The van der Waals surface area contributed by atoms with Gasteiger partial charge in [-0.2, -0.15) is 0 Å². The van der Waals surface area contributed by atoms with Gasteiger partial charge in [-0.25, -0.2) is 13.2 Å². The largest absolute Gasteiger partial charge is 0.361 e.